The molecular formula is C10H16N4O2S. The highest BCUT2D eigenvalue weighted by Gasteiger charge is 2.28. The molecule has 17 heavy (non-hydrogen) atoms. The van der Waals surface area contributed by atoms with Crippen LogP contribution in [0.15, 0.2) is 0 Å². The maximum absolute atomic E-state index is 11.4. The van der Waals surface area contributed by atoms with Crippen LogP contribution in [0, 0.1) is 0 Å². The quantitative estimate of drug-likeness (QED) is 0.800. The highest BCUT2D eigenvalue weighted by molar-refractivity contribution is 7.11. The lowest BCUT2D eigenvalue weighted by Gasteiger charge is -2.36. The maximum Gasteiger partial charge on any atom is 0.255 e. The van der Waals surface area contributed by atoms with Gasteiger partial charge in [-0.3, -0.25) is 4.79 Å². The van der Waals surface area contributed by atoms with E-state index in [1.807, 2.05) is 13.8 Å². The average Bonchev–Trinajstić information content (AvgIpc) is 2.58. The lowest BCUT2D eigenvalue weighted by molar-refractivity contribution is -0.00505. The number of hydrogen-bond acceptors (Lipinski definition) is 6. The number of hydrogen-bond donors (Lipinski definition) is 2. The normalized spacial score (nSPS) is 24.9. The largest absolute Gasteiger partial charge is 0.382 e. The van der Waals surface area contributed by atoms with Crippen LogP contribution in [0.5, 0.6) is 0 Å². The van der Waals surface area contributed by atoms with Gasteiger partial charge in [0.15, 0.2) is 5.82 Å². The number of carbonyl (C=O) groups is 1. The van der Waals surface area contributed by atoms with E-state index in [1.165, 1.54) is 11.5 Å². The number of primary amides is 1. The van der Waals surface area contributed by atoms with Gasteiger partial charge in [-0.15, -0.1) is 0 Å². The fraction of sp³-hybridized carbons (Fsp3) is 0.600. The fourth-order valence-corrected chi connectivity index (χ4v) is 2.92. The predicted molar refractivity (Wildman–Crippen MR) is 67.3 cm³/mol. The SMILES string of the molecule is CC1CN(c2snc(N)c2C(N)=O)CC(C)O1. The summed E-state index contributed by atoms with van der Waals surface area (Å²) in [6, 6.07) is 0. The van der Waals surface area contributed by atoms with Crippen LogP contribution < -0.4 is 16.4 Å². The van der Waals surface area contributed by atoms with Crippen molar-refractivity contribution in [2.45, 2.75) is 26.1 Å². The molecule has 0 saturated carbocycles. The molecule has 0 radical (unpaired) electrons. The minimum atomic E-state index is -0.530. The van der Waals surface area contributed by atoms with Crippen LogP contribution >= 0.6 is 11.5 Å². The fourth-order valence-electron chi connectivity index (χ4n) is 2.08. The predicted octanol–water partition coefficient (Wildman–Crippen LogP) is 0.438. The van der Waals surface area contributed by atoms with Gasteiger partial charge in [-0.2, -0.15) is 4.37 Å². The van der Waals surface area contributed by atoms with E-state index < -0.39 is 5.91 Å². The molecule has 0 aliphatic carbocycles. The van der Waals surface area contributed by atoms with Gasteiger partial charge in [0.25, 0.3) is 5.91 Å². The molecule has 2 rings (SSSR count). The number of ether oxygens (including phenoxy) is 1. The first-order valence-electron chi connectivity index (χ1n) is 5.44. The average molecular weight is 256 g/mol. The Labute approximate surface area is 104 Å². The molecule has 2 unspecified atom stereocenters. The number of rotatable bonds is 2. The van der Waals surface area contributed by atoms with Crippen molar-refractivity contribution in [3.63, 3.8) is 0 Å². The Morgan fingerprint density at radius 1 is 1.47 bits per heavy atom. The van der Waals surface area contributed by atoms with Crippen molar-refractivity contribution in [3.05, 3.63) is 5.56 Å². The van der Waals surface area contributed by atoms with Crippen molar-refractivity contribution in [3.8, 4) is 0 Å². The molecule has 1 aliphatic heterocycles. The second kappa shape index (κ2) is 4.50. The van der Waals surface area contributed by atoms with E-state index >= 15 is 0 Å². The Bertz CT molecular complexity index is 424. The highest BCUT2D eigenvalue weighted by atomic mass is 32.1. The monoisotopic (exact) mass is 256 g/mol. The van der Waals surface area contributed by atoms with Gasteiger partial charge in [0.2, 0.25) is 0 Å². The van der Waals surface area contributed by atoms with Crippen LogP contribution in [0.25, 0.3) is 0 Å². The van der Waals surface area contributed by atoms with E-state index in [9.17, 15) is 4.79 Å². The molecule has 94 valence electrons. The second-order valence-electron chi connectivity index (χ2n) is 4.27. The standard InChI is InChI=1S/C10H16N4O2S/c1-5-3-14(4-6(2)16-5)10-7(9(12)15)8(11)13-17-10/h5-6H,3-4H2,1-2H3,(H2,11,13)(H2,12,15). The third kappa shape index (κ3) is 2.34. The summed E-state index contributed by atoms with van der Waals surface area (Å²) >= 11 is 1.21. The van der Waals surface area contributed by atoms with Crippen molar-refractivity contribution in [1.29, 1.82) is 0 Å². The van der Waals surface area contributed by atoms with Gasteiger partial charge >= 0.3 is 0 Å². The van der Waals surface area contributed by atoms with Gasteiger partial charge in [-0.25, -0.2) is 0 Å². The molecule has 1 aliphatic rings. The summed E-state index contributed by atoms with van der Waals surface area (Å²) in [6.07, 6.45) is 0.227. The molecule has 7 heteroatoms. The van der Waals surface area contributed by atoms with Crippen LogP contribution in [0.2, 0.25) is 0 Å². The lowest BCUT2D eigenvalue weighted by atomic mass is 10.2. The second-order valence-corrected chi connectivity index (χ2v) is 5.03. The zero-order chi connectivity index (χ0) is 12.6. The van der Waals surface area contributed by atoms with Crippen molar-refractivity contribution in [2.75, 3.05) is 23.7 Å². The van der Waals surface area contributed by atoms with Crippen LogP contribution in [0.1, 0.15) is 24.2 Å². The molecule has 4 N–H and O–H groups in total. The zero-order valence-electron chi connectivity index (χ0n) is 9.84. The molecule has 1 saturated heterocycles. The molecule has 2 atom stereocenters. The lowest BCUT2D eigenvalue weighted by Crippen LogP contribution is -2.45. The van der Waals surface area contributed by atoms with E-state index in [0.717, 1.165) is 5.00 Å². The number of amides is 1. The van der Waals surface area contributed by atoms with Crippen molar-refractivity contribution in [2.24, 2.45) is 5.73 Å². The molecule has 0 spiro atoms. The summed E-state index contributed by atoms with van der Waals surface area (Å²) in [5.41, 5.74) is 11.3. The number of nitrogens with zero attached hydrogens (tertiary/aromatic N) is 2. The highest BCUT2D eigenvalue weighted by Crippen LogP contribution is 2.32. The van der Waals surface area contributed by atoms with Crippen molar-refractivity contribution in [1.82, 2.24) is 4.37 Å². The number of morpholine rings is 1. The van der Waals surface area contributed by atoms with Gasteiger partial charge in [0.05, 0.1) is 12.2 Å². The van der Waals surface area contributed by atoms with Crippen molar-refractivity contribution < 1.29 is 9.53 Å². The third-order valence-corrected chi connectivity index (χ3v) is 3.58. The first-order chi connectivity index (χ1) is 7.99. The summed E-state index contributed by atoms with van der Waals surface area (Å²) in [4.78, 5) is 13.4. The molecule has 1 aromatic heterocycles. The summed E-state index contributed by atoms with van der Waals surface area (Å²) in [6.45, 7) is 5.42. The van der Waals surface area contributed by atoms with Gasteiger partial charge in [0.1, 0.15) is 10.6 Å². The molecule has 2 heterocycles. The molecule has 1 aromatic rings. The Kier molecular flexibility index (Phi) is 3.21. The number of nitrogen functional groups attached to an aromatic ring is 1. The van der Waals surface area contributed by atoms with Gasteiger partial charge in [0, 0.05) is 13.1 Å². The number of aromatic nitrogens is 1. The number of anilines is 2. The van der Waals surface area contributed by atoms with Crippen LogP contribution in [-0.2, 0) is 4.74 Å². The molecule has 1 fully saturated rings. The Balaban J connectivity index is 2.30. The van der Waals surface area contributed by atoms with E-state index in [2.05, 4.69) is 9.27 Å². The molecule has 0 aromatic carbocycles. The van der Waals surface area contributed by atoms with E-state index in [4.69, 9.17) is 16.2 Å². The molecular weight excluding hydrogens is 240 g/mol. The summed E-state index contributed by atoms with van der Waals surface area (Å²) in [5, 5.41) is 0.747. The minimum Gasteiger partial charge on any atom is -0.382 e. The van der Waals surface area contributed by atoms with Gasteiger partial charge in [-0.1, -0.05) is 0 Å². The van der Waals surface area contributed by atoms with E-state index in [1.54, 1.807) is 0 Å². The minimum absolute atomic E-state index is 0.114. The van der Waals surface area contributed by atoms with Crippen LogP contribution in [0.4, 0.5) is 10.8 Å². The first-order valence-corrected chi connectivity index (χ1v) is 6.21. The molecule has 1 amide bonds. The zero-order valence-corrected chi connectivity index (χ0v) is 10.7. The van der Waals surface area contributed by atoms with Gasteiger partial charge < -0.3 is 21.1 Å². The summed E-state index contributed by atoms with van der Waals surface area (Å²) in [7, 11) is 0. The summed E-state index contributed by atoms with van der Waals surface area (Å²) in [5.74, 6) is -0.317. The summed E-state index contributed by atoms with van der Waals surface area (Å²) < 4.78 is 9.64. The van der Waals surface area contributed by atoms with E-state index in [0.29, 0.717) is 18.7 Å². The molecule has 6 nitrogen and oxygen atoms in total. The van der Waals surface area contributed by atoms with Gasteiger partial charge in [-0.05, 0) is 25.4 Å². The van der Waals surface area contributed by atoms with Crippen molar-refractivity contribution >= 4 is 28.3 Å². The molecule has 0 bridgehead atoms. The smallest absolute Gasteiger partial charge is 0.255 e. The van der Waals surface area contributed by atoms with Crippen LogP contribution in [-0.4, -0.2) is 35.6 Å². The number of nitrogens with two attached hydrogens (primary N) is 2. The Hall–Kier alpha value is -1.34. The first kappa shape index (κ1) is 12.1. The third-order valence-electron chi connectivity index (χ3n) is 2.65. The Morgan fingerprint density at radius 2 is 2.06 bits per heavy atom. The van der Waals surface area contributed by atoms with E-state index in [-0.39, 0.29) is 18.0 Å². The number of carbonyl (C=O) groups excluding carboxylic acids is 1. The topological polar surface area (TPSA) is 94.5 Å². The Morgan fingerprint density at radius 3 is 2.59 bits per heavy atom. The maximum atomic E-state index is 11.4. The van der Waals surface area contributed by atoms with Crippen LogP contribution in [0.3, 0.4) is 0 Å².